The molecule has 6 heteroatoms. The smallest absolute Gasteiger partial charge is 0.251 e. The number of hydrogen-bond acceptors (Lipinski definition) is 2. The summed E-state index contributed by atoms with van der Waals surface area (Å²) in [5.41, 5.74) is 1.12. The van der Waals surface area contributed by atoms with Gasteiger partial charge in [0.1, 0.15) is 0 Å². The minimum atomic E-state index is -0.0452. The fourth-order valence-corrected chi connectivity index (χ4v) is 3.32. The Morgan fingerprint density at radius 1 is 1.08 bits per heavy atom. The predicted molar refractivity (Wildman–Crippen MR) is 115 cm³/mol. The number of rotatable bonds is 7. The lowest BCUT2D eigenvalue weighted by Gasteiger charge is -2.28. The van der Waals surface area contributed by atoms with Crippen molar-refractivity contribution in [3.05, 3.63) is 35.9 Å². The highest BCUT2D eigenvalue weighted by atomic mass is 127. The van der Waals surface area contributed by atoms with Gasteiger partial charge in [-0.1, -0.05) is 38.0 Å². The molecule has 1 aromatic carbocycles. The summed E-state index contributed by atoms with van der Waals surface area (Å²) in [6, 6.07) is 9.27. The van der Waals surface area contributed by atoms with Gasteiger partial charge in [-0.15, -0.1) is 24.0 Å². The van der Waals surface area contributed by atoms with Gasteiger partial charge >= 0.3 is 0 Å². The standard InChI is InChI=1S/C19H30N4O.HI/c1-3-19(11-7-8-12-19)15-23-18(20-2)22-14-13-21-17(24)16-9-5-4-6-10-16;/h4-6,9-10H,3,7-8,11-15H2,1-2H3,(H,21,24)(H2,20,22,23);1H. The van der Waals surface area contributed by atoms with Crippen molar-refractivity contribution in [2.75, 3.05) is 26.7 Å². The summed E-state index contributed by atoms with van der Waals surface area (Å²) in [7, 11) is 1.78. The maximum Gasteiger partial charge on any atom is 0.251 e. The molecule has 1 aromatic rings. The highest BCUT2D eigenvalue weighted by Gasteiger charge is 2.31. The zero-order valence-electron chi connectivity index (χ0n) is 15.3. The first-order valence-electron chi connectivity index (χ1n) is 8.97. The Kier molecular flexibility index (Phi) is 9.85. The van der Waals surface area contributed by atoms with Gasteiger partial charge in [0.25, 0.3) is 5.91 Å². The average Bonchev–Trinajstić information content (AvgIpc) is 3.11. The number of nitrogens with one attached hydrogen (secondary N) is 3. The first-order valence-corrected chi connectivity index (χ1v) is 8.97. The van der Waals surface area contributed by atoms with E-state index in [2.05, 4.69) is 27.9 Å². The van der Waals surface area contributed by atoms with E-state index in [-0.39, 0.29) is 29.9 Å². The molecular formula is C19H31IN4O. The second kappa shape index (κ2) is 11.3. The monoisotopic (exact) mass is 458 g/mol. The van der Waals surface area contributed by atoms with Crippen LogP contribution in [-0.4, -0.2) is 38.5 Å². The fraction of sp³-hybridized carbons (Fsp3) is 0.579. The Morgan fingerprint density at radius 2 is 1.72 bits per heavy atom. The first-order chi connectivity index (χ1) is 11.7. The van der Waals surface area contributed by atoms with E-state index in [1.54, 1.807) is 7.05 Å². The van der Waals surface area contributed by atoms with Crippen LogP contribution in [0.15, 0.2) is 35.3 Å². The molecule has 0 saturated heterocycles. The molecule has 0 heterocycles. The summed E-state index contributed by atoms with van der Waals surface area (Å²) in [5.74, 6) is 0.764. The van der Waals surface area contributed by atoms with E-state index >= 15 is 0 Å². The third kappa shape index (κ3) is 6.84. The van der Waals surface area contributed by atoms with Crippen LogP contribution in [0, 0.1) is 5.41 Å². The van der Waals surface area contributed by atoms with Crippen LogP contribution in [0.5, 0.6) is 0 Å². The Labute approximate surface area is 168 Å². The van der Waals surface area contributed by atoms with Crippen LogP contribution in [-0.2, 0) is 0 Å². The molecule has 5 nitrogen and oxygen atoms in total. The molecule has 1 saturated carbocycles. The molecule has 3 N–H and O–H groups in total. The van der Waals surface area contributed by atoms with E-state index in [1.165, 1.54) is 32.1 Å². The van der Waals surface area contributed by atoms with Crippen LogP contribution < -0.4 is 16.0 Å². The second-order valence-corrected chi connectivity index (χ2v) is 6.54. The summed E-state index contributed by atoms with van der Waals surface area (Å²) >= 11 is 0. The fourth-order valence-electron chi connectivity index (χ4n) is 3.32. The largest absolute Gasteiger partial charge is 0.356 e. The van der Waals surface area contributed by atoms with Crippen molar-refractivity contribution < 1.29 is 4.79 Å². The number of hydrogen-bond donors (Lipinski definition) is 3. The SMILES string of the molecule is CCC1(CNC(=NC)NCCNC(=O)c2ccccc2)CCCC1.I. The Bertz CT molecular complexity index is 542. The molecule has 25 heavy (non-hydrogen) atoms. The molecule has 0 bridgehead atoms. The quantitative estimate of drug-likeness (QED) is 0.255. The van der Waals surface area contributed by atoms with E-state index in [0.29, 0.717) is 24.1 Å². The van der Waals surface area contributed by atoms with Crippen LogP contribution in [0.25, 0.3) is 0 Å². The van der Waals surface area contributed by atoms with Crippen LogP contribution >= 0.6 is 24.0 Å². The van der Waals surface area contributed by atoms with Gasteiger partial charge in [0, 0.05) is 32.2 Å². The molecule has 0 unspecified atom stereocenters. The van der Waals surface area contributed by atoms with Gasteiger partial charge in [-0.2, -0.15) is 0 Å². The van der Waals surface area contributed by atoms with E-state index in [1.807, 2.05) is 30.3 Å². The van der Waals surface area contributed by atoms with Gasteiger partial charge < -0.3 is 16.0 Å². The number of carbonyl (C=O) groups is 1. The summed E-state index contributed by atoms with van der Waals surface area (Å²) in [6.45, 7) is 4.46. The van der Waals surface area contributed by atoms with Gasteiger partial charge in [0.15, 0.2) is 5.96 Å². The third-order valence-corrected chi connectivity index (χ3v) is 5.01. The van der Waals surface area contributed by atoms with Crippen molar-refractivity contribution in [1.82, 2.24) is 16.0 Å². The number of aliphatic imine (C=N–C) groups is 1. The van der Waals surface area contributed by atoms with E-state index < -0.39 is 0 Å². The number of nitrogens with zero attached hydrogens (tertiary/aromatic N) is 1. The molecule has 0 atom stereocenters. The minimum absolute atomic E-state index is 0. The van der Waals surface area contributed by atoms with Crippen molar-refractivity contribution in [3.8, 4) is 0 Å². The van der Waals surface area contributed by atoms with Crippen molar-refractivity contribution >= 4 is 35.8 Å². The molecule has 1 fully saturated rings. The van der Waals surface area contributed by atoms with Crippen LogP contribution in [0.3, 0.4) is 0 Å². The molecule has 1 aliphatic carbocycles. The topological polar surface area (TPSA) is 65.5 Å². The Morgan fingerprint density at radius 3 is 2.32 bits per heavy atom. The van der Waals surface area contributed by atoms with Crippen LogP contribution in [0.4, 0.5) is 0 Å². The zero-order chi connectivity index (χ0) is 17.3. The van der Waals surface area contributed by atoms with Crippen molar-refractivity contribution in [3.63, 3.8) is 0 Å². The zero-order valence-corrected chi connectivity index (χ0v) is 17.6. The lowest BCUT2D eigenvalue weighted by Crippen LogP contribution is -2.45. The number of halogens is 1. The van der Waals surface area contributed by atoms with Crippen LogP contribution in [0.1, 0.15) is 49.4 Å². The number of guanidine groups is 1. The molecular weight excluding hydrogens is 427 g/mol. The first kappa shape index (κ1) is 21.7. The molecule has 0 aliphatic heterocycles. The number of carbonyl (C=O) groups excluding carboxylic acids is 1. The van der Waals surface area contributed by atoms with E-state index in [9.17, 15) is 4.79 Å². The molecule has 0 aromatic heterocycles. The highest BCUT2D eigenvalue weighted by Crippen LogP contribution is 2.40. The van der Waals surface area contributed by atoms with Crippen molar-refractivity contribution in [2.45, 2.75) is 39.0 Å². The molecule has 2 rings (SSSR count). The molecule has 1 aliphatic rings. The van der Waals surface area contributed by atoms with Gasteiger partial charge in [-0.3, -0.25) is 9.79 Å². The van der Waals surface area contributed by atoms with Crippen molar-refractivity contribution in [2.24, 2.45) is 10.4 Å². The predicted octanol–water partition coefficient (Wildman–Crippen LogP) is 3.17. The lowest BCUT2D eigenvalue weighted by atomic mass is 9.83. The maximum atomic E-state index is 12.0. The Hall–Kier alpha value is -1.31. The maximum absolute atomic E-state index is 12.0. The summed E-state index contributed by atoms with van der Waals surface area (Å²) in [4.78, 5) is 16.2. The van der Waals surface area contributed by atoms with Gasteiger partial charge in [-0.05, 0) is 36.8 Å². The molecule has 140 valence electrons. The molecule has 1 amide bonds. The van der Waals surface area contributed by atoms with Gasteiger partial charge in [0.05, 0.1) is 0 Å². The number of benzene rings is 1. The second-order valence-electron chi connectivity index (χ2n) is 6.54. The highest BCUT2D eigenvalue weighted by molar-refractivity contribution is 14.0. The lowest BCUT2D eigenvalue weighted by molar-refractivity contribution is 0.0954. The normalized spacial score (nSPS) is 16.0. The van der Waals surface area contributed by atoms with E-state index in [0.717, 1.165) is 12.5 Å². The molecule has 0 radical (unpaired) electrons. The third-order valence-electron chi connectivity index (χ3n) is 5.01. The summed E-state index contributed by atoms with van der Waals surface area (Å²) < 4.78 is 0. The summed E-state index contributed by atoms with van der Waals surface area (Å²) in [6.07, 6.45) is 6.51. The minimum Gasteiger partial charge on any atom is -0.356 e. The van der Waals surface area contributed by atoms with Crippen LogP contribution in [0.2, 0.25) is 0 Å². The van der Waals surface area contributed by atoms with Gasteiger partial charge in [-0.25, -0.2) is 0 Å². The Balaban J connectivity index is 0.00000312. The summed E-state index contributed by atoms with van der Waals surface area (Å²) in [5, 5.41) is 9.62. The average molecular weight is 458 g/mol. The molecule has 0 spiro atoms. The number of amides is 1. The van der Waals surface area contributed by atoms with E-state index in [4.69, 9.17) is 0 Å². The van der Waals surface area contributed by atoms with Crippen molar-refractivity contribution in [1.29, 1.82) is 0 Å². The van der Waals surface area contributed by atoms with Gasteiger partial charge in [0.2, 0.25) is 0 Å².